The Morgan fingerprint density at radius 3 is 2.47 bits per heavy atom. The predicted molar refractivity (Wildman–Crippen MR) is 66.0 cm³/mol. The van der Waals surface area contributed by atoms with Crippen LogP contribution in [0.15, 0.2) is 12.1 Å². The molecule has 2 heterocycles. The van der Waals surface area contributed by atoms with Crippen molar-refractivity contribution >= 4 is 22.4 Å². The quantitative estimate of drug-likeness (QED) is 0.609. The zero-order valence-corrected chi connectivity index (χ0v) is 9.90. The summed E-state index contributed by atoms with van der Waals surface area (Å²) in [4.78, 5) is 24.7. The molecule has 0 amide bonds. The molecule has 98 valence electrons. The molecule has 3 rings (SSSR count). The number of nitro groups is 2. The standard InChI is InChI=1S/C11H10N4O4/c16-14(17)9-5-7-8(6-10(9)15(18)19)13-4-2-1-3-11(13)12-7/h5-6H,1-4H2. The van der Waals surface area contributed by atoms with Gasteiger partial charge in [-0.2, -0.15) is 0 Å². The van der Waals surface area contributed by atoms with Crippen molar-refractivity contribution in [3.8, 4) is 0 Å². The van der Waals surface area contributed by atoms with Crippen molar-refractivity contribution in [2.24, 2.45) is 0 Å². The molecule has 0 radical (unpaired) electrons. The number of nitro benzene ring substituents is 2. The summed E-state index contributed by atoms with van der Waals surface area (Å²) in [6.45, 7) is 0.751. The first kappa shape index (κ1) is 11.6. The Morgan fingerprint density at radius 2 is 1.79 bits per heavy atom. The van der Waals surface area contributed by atoms with Gasteiger partial charge in [0.15, 0.2) is 0 Å². The molecule has 8 heteroatoms. The zero-order chi connectivity index (χ0) is 13.6. The smallest absolute Gasteiger partial charge is 0.328 e. The molecule has 8 nitrogen and oxygen atoms in total. The van der Waals surface area contributed by atoms with Gasteiger partial charge >= 0.3 is 11.4 Å². The van der Waals surface area contributed by atoms with Crippen molar-refractivity contribution in [1.82, 2.24) is 9.55 Å². The summed E-state index contributed by atoms with van der Waals surface area (Å²) in [7, 11) is 0. The first-order valence-corrected chi connectivity index (χ1v) is 5.90. The van der Waals surface area contributed by atoms with Gasteiger partial charge in [0.2, 0.25) is 0 Å². The Balaban J connectivity index is 2.31. The van der Waals surface area contributed by atoms with Gasteiger partial charge in [0.25, 0.3) is 0 Å². The molecule has 1 aliphatic rings. The monoisotopic (exact) mass is 262 g/mol. The number of benzene rings is 1. The lowest BCUT2D eigenvalue weighted by molar-refractivity contribution is -0.422. The molecule has 0 spiro atoms. The Morgan fingerprint density at radius 1 is 1.11 bits per heavy atom. The van der Waals surface area contributed by atoms with E-state index in [1.807, 2.05) is 4.57 Å². The summed E-state index contributed by atoms with van der Waals surface area (Å²) in [5.74, 6) is 0.844. The summed E-state index contributed by atoms with van der Waals surface area (Å²) in [6, 6.07) is 2.45. The van der Waals surface area contributed by atoms with Crippen LogP contribution in [0.3, 0.4) is 0 Å². The highest BCUT2D eigenvalue weighted by atomic mass is 16.6. The summed E-state index contributed by atoms with van der Waals surface area (Å²) in [6.07, 6.45) is 2.81. The van der Waals surface area contributed by atoms with Gasteiger partial charge in [0.1, 0.15) is 5.82 Å². The van der Waals surface area contributed by atoms with Gasteiger partial charge in [0.05, 0.1) is 26.9 Å². The molecule has 1 aromatic heterocycles. The average Bonchev–Trinajstić information content (AvgIpc) is 2.74. The zero-order valence-electron chi connectivity index (χ0n) is 9.90. The second-order valence-corrected chi connectivity index (χ2v) is 4.48. The second-order valence-electron chi connectivity index (χ2n) is 4.48. The molecule has 1 aliphatic heterocycles. The molecule has 0 saturated heterocycles. The summed E-state index contributed by atoms with van der Waals surface area (Å²) in [5, 5.41) is 21.8. The third-order valence-electron chi connectivity index (χ3n) is 3.35. The van der Waals surface area contributed by atoms with Crippen LogP contribution < -0.4 is 0 Å². The minimum Gasteiger partial charge on any atom is -0.328 e. The maximum absolute atomic E-state index is 10.9. The molecule has 1 aromatic carbocycles. The topological polar surface area (TPSA) is 104 Å². The molecular weight excluding hydrogens is 252 g/mol. The lowest BCUT2D eigenvalue weighted by Crippen LogP contribution is -2.10. The van der Waals surface area contributed by atoms with E-state index < -0.39 is 21.2 Å². The molecule has 0 fully saturated rings. The van der Waals surface area contributed by atoms with E-state index in [1.54, 1.807) is 0 Å². The van der Waals surface area contributed by atoms with Crippen LogP contribution in [0.1, 0.15) is 18.7 Å². The van der Waals surface area contributed by atoms with E-state index in [-0.39, 0.29) is 0 Å². The number of aromatic nitrogens is 2. The molecule has 0 atom stereocenters. The fraction of sp³-hybridized carbons (Fsp3) is 0.364. The largest absolute Gasteiger partial charge is 0.348 e. The van der Waals surface area contributed by atoms with Crippen LogP contribution in [0.5, 0.6) is 0 Å². The summed E-state index contributed by atoms with van der Waals surface area (Å²) < 4.78 is 1.91. The third-order valence-corrected chi connectivity index (χ3v) is 3.35. The molecule has 0 unspecified atom stereocenters. The highest BCUT2D eigenvalue weighted by Gasteiger charge is 2.27. The molecule has 0 aliphatic carbocycles. The van der Waals surface area contributed by atoms with Crippen LogP contribution in [0, 0.1) is 20.2 Å². The van der Waals surface area contributed by atoms with E-state index in [9.17, 15) is 20.2 Å². The highest BCUT2D eigenvalue weighted by Crippen LogP contribution is 2.33. The van der Waals surface area contributed by atoms with Crippen LogP contribution in [0.4, 0.5) is 11.4 Å². The predicted octanol–water partition coefficient (Wildman–Crippen LogP) is 2.19. The highest BCUT2D eigenvalue weighted by molar-refractivity contribution is 5.83. The third kappa shape index (κ3) is 1.72. The maximum atomic E-state index is 10.9. The Hall–Kier alpha value is -2.51. The first-order chi connectivity index (χ1) is 9.08. The van der Waals surface area contributed by atoms with Crippen molar-refractivity contribution in [2.75, 3.05) is 0 Å². The van der Waals surface area contributed by atoms with Crippen LogP contribution in [-0.4, -0.2) is 19.4 Å². The Bertz CT molecular complexity index is 706. The first-order valence-electron chi connectivity index (χ1n) is 5.90. The van der Waals surface area contributed by atoms with Crippen LogP contribution in [0.2, 0.25) is 0 Å². The fourth-order valence-corrected chi connectivity index (χ4v) is 2.48. The number of aryl methyl sites for hydroxylation is 2. The summed E-state index contributed by atoms with van der Waals surface area (Å²) in [5.41, 5.74) is 0.0694. The average molecular weight is 262 g/mol. The van der Waals surface area contributed by atoms with Crippen LogP contribution in [0.25, 0.3) is 11.0 Å². The molecule has 19 heavy (non-hydrogen) atoms. The van der Waals surface area contributed by atoms with Gasteiger partial charge in [-0.1, -0.05) is 0 Å². The van der Waals surface area contributed by atoms with E-state index in [4.69, 9.17) is 0 Å². The second kappa shape index (κ2) is 4.01. The Labute approximate surface area is 107 Å². The van der Waals surface area contributed by atoms with Gasteiger partial charge < -0.3 is 4.57 Å². The lowest BCUT2D eigenvalue weighted by Gasteiger charge is -2.13. The summed E-state index contributed by atoms with van der Waals surface area (Å²) >= 11 is 0. The molecular formula is C11H10N4O4. The number of fused-ring (bicyclic) bond motifs is 3. The number of imidazole rings is 1. The van der Waals surface area contributed by atoms with Crippen molar-refractivity contribution in [2.45, 2.75) is 25.8 Å². The van der Waals surface area contributed by atoms with Crippen molar-refractivity contribution in [3.05, 3.63) is 38.2 Å². The van der Waals surface area contributed by atoms with E-state index in [2.05, 4.69) is 4.98 Å². The lowest BCUT2D eigenvalue weighted by atomic mass is 10.1. The fourth-order valence-electron chi connectivity index (χ4n) is 2.48. The maximum Gasteiger partial charge on any atom is 0.348 e. The van der Waals surface area contributed by atoms with E-state index in [0.717, 1.165) is 31.6 Å². The number of hydrogen-bond acceptors (Lipinski definition) is 5. The number of hydrogen-bond donors (Lipinski definition) is 0. The van der Waals surface area contributed by atoms with Crippen molar-refractivity contribution in [1.29, 1.82) is 0 Å². The van der Waals surface area contributed by atoms with Crippen LogP contribution in [-0.2, 0) is 13.0 Å². The normalized spacial score (nSPS) is 14.3. The van der Waals surface area contributed by atoms with Crippen molar-refractivity contribution < 1.29 is 9.85 Å². The van der Waals surface area contributed by atoms with Gasteiger partial charge in [-0.05, 0) is 12.8 Å². The minimum atomic E-state index is -0.740. The minimum absolute atomic E-state index is 0.453. The van der Waals surface area contributed by atoms with Gasteiger partial charge in [0, 0.05) is 19.0 Å². The molecule has 2 aromatic rings. The Kier molecular flexibility index (Phi) is 2.44. The molecule has 0 saturated carbocycles. The van der Waals surface area contributed by atoms with Crippen molar-refractivity contribution in [3.63, 3.8) is 0 Å². The number of nitrogens with zero attached hydrogens (tertiary/aromatic N) is 4. The number of rotatable bonds is 2. The van der Waals surface area contributed by atoms with Gasteiger partial charge in [-0.25, -0.2) is 4.98 Å². The van der Waals surface area contributed by atoms with E-state index >= 15 is 0 Å². The molecule has 0 bridgehead atoms. The van der Waals surface area contributed by atoms with Gasteiger partial charge in [-0.15, -0.1) is 0 Å². The SMILES string of the molecule is O=[N+]([O-])c1cc2nc3n(c2cc1[N+](=O)[O-])CCCC3. The van der Waals surface area contributed by atoms with E-state index in [0.29, 0.717) is 11.0 Å². The molecule has 0 N–H and O–H groups in total. The van der Waals surface area contributed by atoms with Gasteiger partial charge in [-0.3, -0.25) is 20.2 Å². The van der Waals surface area contributed by atoms with E-state index in [1.165, 1.54) is 12.1 Å². The van der Waals surface area contributed by atoms with Crippen LogP contribution >= 0.6 is 0 Å².